The van der Waals surface area contributed by atoms with Crippen LogP contribution in [0.5, 0.6) is 0 Å². The second-order valence-corrected chi connectivity index (χ2v) is 5.17. The van der Waals surface area contributed by atoms with Gasteiger partial charge in [0.1, 0.15) is 0 Å². The maximum Gasteiger partial charge on any atom is 0.262 e. The van der Waals surface area contributed by atoms with E-state index in [9.17, 15) is 4.79 Å². The van der Waals surface area contributed by atoms with Gasteiger partial charge in [0.05, 0.1) is 23.8 Å². The molecule has 2 rings (SSSR count). The molecule has 5 nitrogen and oxygen atoms in total. The van der Waals surface area contributed by atoms with Gasteiger partial charge in [0.2, 0.25) is 0 Å². The number of pyridine rings is 1. The molecule has 2 aromatic heterocycles. The number of hydrogen-bond donors (Lipinski definition) is 0. The van der Waals surface area contributed by atoms with Gasteiger partial charge in [0.25, 0.3) is 5.56 Å². The van der Waals surface area contributed by atoms with Gasteiger partial charge in [-0.3, -0.25) is 14.3 Å². The molecule has 0 spiro atoms. The number of methoxy groups -OCH3 is 1. The Morgan fingerprint density at radius 1 is 1.44 bits per heavy atom. The normalized spacial score (nSPS) is 11.9. The molecule has 0 aromatic carbocycles. The van der Waals surface area contributed by atoms with Crippen LogP contribution < -0.4 is 5.56 Å². The molecule has 5 heteroatoms. The zero-order chi connectivity index (χ0) is 13.2. The first-order chi connectivity index (χ1) is 8.53. The summed E-state index contributed by atoms with van der Waals surface area (Å²) < 4.78 is 6.77. The summed E-state index contributed by atoms with van der Waals surface area (Å²) in [6.07, 6.45) is 4.78. The zero-order valence-corrected chi connectivity index (χ0v) is 10.9. The van der Waals surface area contributed by atoms with Crippen molar-refractivity contribution in [2.24, 2.45) is 5.41 Å². The summed E-state index contributed by atoms with van der Waals surface area (Å²) in [7, 11) is 1.66. The molecular formula is C13H17N3O2. The van der Waals surface area contributed by atoms with Crippen LogP contribution in [-0.2, 0) is 11.3 Å². The first kappa shape index (κ1) is 12.7. The third-order valence-electron chi connectivity index (χ3n) is 2.76. The maximum atomic E-state index is 12.3. The number of fused-ring (bicyclic) bond motifs is 1. The van der Waals surface area contributed by atoms with E-state index in [1.165, 1.54) is 0 Å². The molecule has 0 amide bonds. The lowest BCUT2D eigenvalue weighted by Crippen LogP contribution is -2.31. The monoisotopic (exact) mass is 247 g/mol. The van der Waals surface area contributed by atoms with Gasteiger partial charge in [-0.1, -0.05) is 13.8 Å². The predicted octanol–water partition coefficient (Wildman–Crippen LogP) is 1.46. The highest BCUT2D eigenvalue weighted by Gasteiger charge is 2.19. The predicted molar refractivity (Wildman–Crippen MR) is 69.5 cm³/mol. The first-order valence-electron chi connectivity index (χ1n) is 5.82. The Hall–Kier alpha value is -1.75. The van der Waals surface area contributed by atoms with E-state index in [-0.39, 0.29) is 11.0 Å². The van der Waals surface area contributed by atoms with Crippen LogP contribution in [0.1, 0.15) is 13.8 Å². The molecule has 96 valence electrons. The van der Waals surface area contributed by atoms with Gasteiger partial charge in [-0.2, -0.15) is 0 Å². The fourth-order valence-corrected chi connectivity index (χ4v) is 2.01. The standard InChI is InChI=1S/C13H17N3O2/c1-13(2,8-18-3)7-16-9-15-11-4-5-14-6-10(11)12(16)17/h4-6,9H,7-8H2,1-3H3. The minimum atomic E-state index is -0.115. The number of rotatable bonds is 4. The molecule has 0 aliphatic carbocycles. The molecule has 0 saturated heterocycles. The van der Waals surface area contributed by atoms with E-state index in [1.807, 2.05) is 0 Å². The Bertz CT molecular complexity index is 604. The average Bonchev–Trinajstić information content (AvgIpc) is 2.33. The van der Waals surface area contributed by atoms with Crippen molar-refractivity contribution in [3.63, 3.8) is 0 Å². The second-order valence-electron chi connectivity index (χ2n) is 5.17. The molecule has 0 aliphatic heterocycles. The summed E-state index contributed by atoms with van der Waals surface area (Å²) in [6, 6.07) is 1.74. The fraction of sp³-hybridized carbons (Fsp3) is 0.462. The Morgan fingerprint density at radius 2 is 2.22 bits per heavy atom. The summed E-state index contributed by atoms with van der Waals surface area (Å²) in [6.45, 7) is 5.26. The molecule has 0 N–H and O–H groups in total. The van der Waals surface area contributed by atoms with Crippen LogP contribution in [0.3, 0.4) is 0 Å². The molecular weight excluding hydrogens is 230 g/mol. The van der Waals surface area contributed by atoms with E-state index in [4.69, 9.17) is 4.74 Å². The van der Waals surface area contributed by atoms with E-state index < -0.39 is 0 Å². The van der Waals surface area contributed by atoms with E-state index in [0.717, 1.165) is 0 Å². The third kappa shape index (κ3) is 2.56. The number of nitrogens with zero attached hydrogens (tertiary/aromatic N) is 3. The van der Waals surface area contributed by atoms with Crippen molar-refractivity contribution in [3.05, 3.63) is 35.1 Å². The highest BCUT2D eigenvalue weighted by atomic mass is 16.5. The molecule has 0 atom stereocenters. The van der Waals surface area contributed by atoms with Crippen LogP contribution in [0.25, 0.3) is 10.9 Å². The number of aromatic nitrogens is 3. The summed E-state index contributed by atoms with van der Waals surface area (Å²) in [5.74, 6) is 0. The quantitative estimate of drug-likeness (QED) is 0.820. The van der Waals surface area contributed by atoms with E-state index in [2.05, 4.69) is 23.8 Å². The topological polar surface area (TPSA) is 57.0 Å². The fourth-order valence-electron chi connectivity index (χ4n) is 2.01. The SMILES string of the molecule is COCC(C)(C)Cn1cnc2ccncc2c1=O. The van der Waals surface area contributed by atoms with Gasteiger partial charge in [0, 0.05) is 31.5 Å². The molecule has 18 heavy (non-hydrogen) atoms. The van der Waals surface area contributed by atoms with Crippen LogP contribution in [-0.4, -0.2) is 28.3 Å². The van der Waals surface area contributed by atoms with Crippen LogP contribution in [0, 0.1) is 5.41 Å². The highest BCUT2D eigenvalue weighted by molar-refractivity contribution is 5.75. The van der Waals surface area contributed by atoms with E-state index >= 15 is 0 Å². The van der Waals surface area contributed by atoms with Crippen molar-refractivity contribution in [2.45, 2.75) is 20.4 Å². The molecule has 0 unspecified atom stereocenters. The van der Waals surface area contributed by atoms with Crippen molar-refractivity contribution in [2.75, 3.05) is 13.7 Å². The Morgan fingerprint density at radius 3 is 2.94 bits per heavy atom. The van der Waals surface area contributed by atoms with Crippen LogP contribution in [0.2, 0.25) is 0 Å². The summed E-state index contributed by atoms with van der Waals surface area (Å²) in [4.78, 5) is 20.5. The molecule has 0 bridgehead atoms. The number of hydrogen-bond acceptors (Lipinski definition) is 4. The van der Waals surface area contributed by atoms with Gasteiger partial charge in [-0.25, -0.2) is 4.98 Å². The Kier molecular flexibility index (Phi) is 3.43. The van der Waals surface area contributed by atoms with Crippen LogP contribution in [0.15, 0.2) is 29.6 Å². The molecule has 2 heterocycles. The van der Waals surface area contributed by atoms with E-state index in [0.29, 0.717) is 24.1 Å². The van der Waals surface area contributed by atoms with Gasteiger partial charge in [-0.15, -0.1) is 0 Å². The molecule has 2 aromatic rings. The summed E-state index contributed by atoms with van der Waals surface area (Å²) in [5.41, 5.74) is 0.504. The average molecular weight is 247 g/mol. The Labute approximate surface area is 105 Å². The highest BCUT2D eigenvalue weighted by Crippen LogP contribution is 2.17. The summed E-state index contributed by atoms with van der Waals surface area (Å²) >= 11 is 0. The minimum absolute atomic E-state index is 0.0581. The van der Waals surface area contributed by atoms with Crippen molar-refractivity contribution >= 4 is 10.9 Å². The number of ether oxygens (including phenoxy) is 1. The largest absolute Gasteiger partial charge is 0.384 e. The maximum absolute atomic E-state index is 12.3. The second kappa shape index (κ2) is 4.86. The summed E-state index contributed by atoms with van der Waals surface area (Å²) in [5, 5.41) is 0.549. The lowest BCUT2D eigenvalue weighted by molar-refractivity contribution is 0.0910. The van der Waals surface area contributed by atoms with Crippen molar-refractivity contribution in [1.82, 2.24) is 14.5 Å². The van der Waals surface area contributed by atoms with Crippen molar-refractivity contribution < 1.29 is 4.74 Å². The third-order valence-corrected chi connectivity index (χ3v) is 2.76. The first-order valence-corrected chi connectivity index (χ1v) is 5.82. The van der Waals surface area contributed by atoms with Gasteiger partial charge in [0.15, 0.2) is 0 Å². The molecule has 0 aliphatic rings. The van der Waals surface area contributed by atoms with Gasteiger partial charge in [-0.05, 0) is 6.07 Å². The molecule has 0 fully saturated rings. The van der Waals surface area contributed by atoms with Gasteiger partial charge < -0.3 is 4.74 Å². The zero-order valence-electron chi connectivity index (χ0n) is 10.9. The smallest absolute Gasteiger partial charge is 0.262 e. The lowest BCUT2D eigenvalue weighted by Gasteiger charge is -2.24. The van der Waals surface area contributed by atoms with Crippen LogP contribution in [0.4, 0.5) is 0 Å². The van der Waals surface area contributed by atoms with Crippen molar-refractivity contribution in [3.8, 4) is 0 Å². The molecule has 0 radical (unpaired) electrons. The van der Waals surface area contributed by atoms with Gasteiger partial charge >= 0.3 is 0 Å². The lowest BCUT2D eigenvalue weighted by atomic mass is 9.95. The minimum Gasteiger partial charge on any atom is -0.384 e. The molecule has 0 saturated carbocycles. The Balaban J connectivity index is 2.41. The van der Waals surface area contributed by atoms with Crippen molar-refractivity contribution in [1.29, 1.82) is 0 Å². The van der Waals surface area contributed by atoms with E-state index in [1.54, 1.807) is 36.5 Å². The van der Waals surface area contributed by atoms with Crippen LogP contribution >= 0.6 is 0 Å².